The van der Waals surface area contributed by atoms with Crippen molar-refractivity contribution in [1.82, 2.24) is 19.9 Å². The summed E-state index contributed by atoms with van der Waals surface area (Å²) in [5, 5.41) is 13.5. The SMILES string of the molecule is CC(C)C#Cc1nc(-c2c[nH]c3ncc(F)cc23)nc(NC2C3CCC(CC3)C2C(=O)O)c1F. The Morgan fingerprint density at radius 1 is 1.21 bits per heavy atom. The Labute approximate surface area is 195 Å². The number of H-pyrrole nitrogens is 1. The van der Waals surface area contributed by atoms with Crippen LogP contribution in [-0.4, -0.2) is 37.1 Å². The molecule has 3 aromatic heterocycles. The number of aromatic nitrogens is 4. The zero-order valence-corrected chi connectivity index (χ0v) is 18.9. The van der Waals surface area contributed by atoms with E-state index < -0.39 is 29.6 Å². The number of nitrogens with zero attached hydrogens (tertiary/aromatic N) is 3. The molecule has 0 saturated heterocycles. The molecule has 2 atom stereocenters. The van der Waals surface area contributed by atoms with E-state index in [9.17, 15) is 14.3 Å². The largest absolute Gasteiger partial charge is 0.481 e. The van der Waals surface area contributed by atoms with Crippen LogP contribution in [0, 0.1) is 47.1 Å². The quantitative estimate of drug-likeness (QED) is 0.487. The molecule has 9 heteroatoms. The molecular weight excluding hydrogens is 440 g/mol. The Hall–Kier alpha value is -3.54. The van der Waals surface area contributed by atoms with Crippen LogP contribution in [0.15, 0.2) is 18.5 Å². The number of carboxylic acid groups (broad SMARTS) is 1. The molecule has 0 spiro atoms. The smallest absolute Gasteiger partial charge is 0.308 e. The van der Waals surface area contributed by atoms with Crippen LogP contribution in [0.1, 0.15) is 45.2 Å². The van der Waals surface area contributed by atoms with Gasteiger partial charge in [-0.15, -0.1) is 0 Å². The summed E-state index contributed by atoms with van der Waals surface area (Å²) in [4.78, 5) is 27.8. The van der Waals surface area contributed by atoms with E-state index in [2.05, 4.69) is 37.1 Å². The second kappa shape index (κ2) is 8.67. The Morgan fingerprint density at radius 3 is 2.65 bits per heavy atom. The van der Waals surface area contributed by atoms with Gasteiger partial charge in [-0.1, -0.05) is 19.8 Å². The number of nitrogens with one attached hydrogen (secondary N) is 2. The number of fused-ring (bicyclic) bond motifs is 4. The number of hydrogen-bond acceptors (Lipinski definition) is 5. The second-order valence-corrected chi connectivity index (χ2v) is 9.44. The molecule has 7 nitrogen and oxygen atoms in total. The zero-order valence-electron chi connectivity index (χ0n) is 18.9. The van der Waals surface area contributed by atoms with Gasteiger partial charge in [0.2, 0.25) is 0 Å². The highest BCUT2D eigenvalue weighted by Gasteiger charge is 2.47. The number of hydrogen-bond donors (Lipinski definition) is 3. The summed E-state index contributed by atoms with van der Waals surface area (Å²) < 4.78 is 29.4. The average molecular weight is 466 g/mol. The van der Waals surface area contributed by atoms with Gasteiger partial charge in [-0.25, -0.2) is 19.3 Å². The third kappa shape index (κ3) is 3.98. The summed E-state index contributed by atoms with van der Waals surface area (Å²) in [6.45, 7) is 3.77. The van der Waals surface area contributed by atoms with Gasteiger partial charge in [0.25, 0.3) is 0 Å². The number of pyridine rings is 1. The van der Waals surface area contributed by atoms with E-state index in [0.717, 1.165) is 31.9 Å². The van der Waals surface area contributed by atoms with Crippen LogP contribution >= 0.6 is 0 Å². The highest BCUT2D eigenvalue weighted by Crippen LogP contribution is 2.46. The number of aromatic amines is 1. The Balaban J connectivity index is 1.62. The minimum absolute atomic E-state index is 0.00826. The number of aliphatic carboxylic acids is 1. The molecule has 3 fully saturated rings. The fraction of sp³-hybridized carbons (Fsp3) is 0.440. The van der Waals surface area contributed by atoms with Crippen LogP contribution in [0.4, 0.5) is 14.6 Å². The van der Waals surface area contributed by atoms with Gasteiger partial charge in [-0.3, -0.25) is 4.79 Å². The maximum Gasteiger partial charge on any atom is 0.308 e. The van der Waals surface area contributed by atoms with Crippen molar-refractivity contribution in [3.63, 3.8) is 0 Å². The first-order chi connectivity index (χ1) is 16.3. The molecule has 2 bridgehead atoms. The molecule has 3 saturated carbocycles. The molecule has 3 aromatic rings. The van der Waals surface area contributed by atoms with E-state index in [0.29, 0.717) is 16.6 Å². The number of anilines is 1. The standard InChI is InChI=1S/C25H25F2N5O2/c1-12(2)3-8-18-20(27)24(31-21-14-6-4-13(5-7-14)19(21)25(33)34)32-23(30-18)17-11-29-22-16(17)9-15(26)10-28-22/h9-14,19,21H,4-7H2,1-2H3,(H,28,29)(H,33,34)(H,30,31,32). The van der Waals surface area contributed by atoms with E-state index in [1.54, 1.807) is 6.20 Å². The molecule has 0 radical (unpaired) electrons. The maximum absolute atomic E-state index is 15.5. The molecule has 3 aliphatic carbocycles. The zero-order chi connectivity index (χ0) is 24.0. The predicted octanol–water partition coefficient (Wildman–Crippen LogP) is 4.61. The van der Waals surface area contributed by atoms with Gasteiger partial charge in [0.15, 0.2) is 23.2 Å². The van der Waals surface area contributed by atoms with Gasteiger partial charge in [-0.05, 0) is 49.5 Å². The summed E-state index contributed by atoms with van der Waals surface area (Å²) in [5.41, 5.74) is 0.814. The Bertz CT molecular complexity index is 1320. The van der Waals surface area contributed by atoms with Crippen molar-refractivity contribution in [2.45, 2.75) is 45.6 Å². The van der Waals surface area contributed by atoms with Crippen LogP contribution in [0.25, 0.3) is 22.4 Å². The Kier molecular flexibility index (Phi) is 5.68. The topological polar surface area (TPSA) is 104 Å². The van der Waals surface area contributed by atoms with E-state index in [-0.39, 0.29) is 35.1 Å². The second-order valence-electron chi connectivity index (χ2n) is 9.44. The van der Waals surface area contributed by atoms with E-state index in [1.165, 1.54) is 6.07 Å². The van der Waals surface area contributed by atoms with Gasteiger partial charge >= 0.3 is 5.97 Å². The first kappa shape index (κ1) is 22.3. The molecular formula is C25H25F2N5O2. The highest BCUT2D eigenvalue weighted by atomic mass is 19.1. The number of halogens is 2. The van der Waals surface area contributed by atoms with Crippen LogP contribution in [0.3, 0.4) is 0 Å². The van der Waals surface area contributed by atoms with Gasteiger partial charge in [0.05, 0.1) is 12.1 Å². The lowest BCUT2D eigenvalue weighted by molar-refractivity contribution is -0.148. The minimum Gasteiger partial charge on any atom is -0.481 e. The van der Waals surface area contributed by atoms with Crippen molar-refractivity contribution in [2.24, 2.45) is 23.7 Å². The molecule has 3 aliphatic rings. The monoisotopic (exact) mass is 465 g/mol. The van der Waals surface area contributed by atoms with Crippen LogP contribution in [-0.2, 0) is 4.79 Å². The highest BCUT2D eigenvalue weighted by molar-refractivity contribution is 5.91. The summed E-state index contributed by atoms with van der Waals surface area (Å²) in [6.07, 6.45) is 6.24. The molecule has 2 unspecified atom stereocenters. The molecule has 0 aliphatic heterocycles. The van der Waals surface area contributed by atoms with Crippen molar-refractivity contribution in [3.8, 4) is 23.2 Å². The third-order valence-electron chi connectivity index (χ3n) is 6.88. The lowest BCUT2D eigenvalue weighted by atomic mass is 9.61. The molecule has 3 N–H and O–H groups in total. The number of rotatable bonds is 4. The molecule has 176 valence electrons. The lowest BCUT2D eigenvalue weighted by Crippen LogP contribution is -2.51. The van der Waals surface area contributed by atoms with Crippen LogP contribution in [0.2, 0.25) is 0 Å². The minimum atomic E-state index is -0.875. The van der Waals surface area contributed by atoms with E-state index >= 15 is 4.39 Å². The molecule has 0 aromatic carbocycles. The van der Waals surface area contributed by atoms with Crippen LogP contribution in [0.5, 0.6) is 0 Å². The van der Waals surface area contributed by atoms with Crippen molar-refractivity contribution in [1.29, 1.82) is 0 Å². The predicted molar refractivity (Wildman–Crippen MR) is 123 cm³/mol. The third-order valence-corrected chi connectivity index (χ3v) is 6.88. The van der Waals surface area contributed by atoms with Crippen molar-refractivity contribution < 1.29 is 18.7 Å². The first-order valence-electron chi connectivity index (χ1n) is 11.5. The van der Waals surface area contributed by atoms with Crippen LogP contribution < -0.4 is 5.32 Å². The average Bonchev–Trinajstić information content (AvgIpc) is 3.23. The summed E-state index contributed by atoms with van der Waals surface area (Å²) in [5.74, 6) is 3.25. The first-order valence-corrected chi connectivity index (χ1v) is 11.5. The fourth-order valence-electron chi connectivity index (χ4n) is 5.29. The number of carboxylic acids is 1. The van der Waals surface area contributed by atoms with Crippen molar-refractivity contribution in [3.05, 3.63) is 35.8 Å². The molecule has 34 heavy (non-hydrogen) atoms. The van der Waals surface area contributed by atoms with Crippen molar-refractivity contribution >= 4 is 22.8 Å². The summed E-state index contributed by atoms with van der Waals surface area (Å²) in [6, 6.07) is 0.879. The van der Waals surface area contributed by atoms with Gasteiger partial charge < -0.3 is 15.4 Å². The fourth-order valence-corrected chi connectivity index (χ4v) is 5.29. The van der Waals surface area contributed by atoms with Crippen molar-refractivity contribution in [2.75, 3.05) is 5.32 Å². The molecule has 3 heterocycles. The van der Waals surface area contributed by atoms with Gasteiger partial charge in [0, 0.05) is 29.1 Å². The number of carbonyl (C=O) groups is 1. The molecule has 6 rings (SSSR count). The van der Waals surface area contributed by atoms with Gasteiger partial charge in [-0.2, -0.15) is 4.39 Å². The lowest BCUT2D eigenvalue weighted by Gasteiger charge is -2.47. The summed E-state index contributed by atoms with van der Waals surface area (Å²) in [7, 11) is 0. The Morgan fingerprint density at radius 2 is 1.94 bits per heavy atom. The van der Waals surface area contributed by atoms with E-state index in [4.69, 9.17) is 0 Å². The van der Waals surface area contributed by atoms with E-state index in [1.807, 2.05) is 13.8 Å². The molecule has 0 amide bonds. The van der Waals surface area contributed by atoms with Gasteiger partial charge in [0.1, 0.15) is 11.5 Å². The normalized spacial score (nSPS) is 23.7. The maximum atomic E-state index is 15.5. The summed E-state index contributed by atoms with van der Waals surface area (Å²) >= 11 is 0.